The summed E-state index contributed by atoms with van der Waals surface area (Å²) in [4.78, 5) is 0. The Bertz CT molecular complexity index is 82.2. The quantitative estimate of drug-likeness (QED) is 0.700. The lowest BCUT2D eigenvalue weighted by molar-refractivity contribution is 0.0359. The second-order valence-electron chi connectivity index (χ2n) is 2.75. The smallest absolute Gasteiger partial charge is 0.108 e. The summed E-state index contributed by atoms with van der Waals surface area (Å²) in [5.74, 6) is 0. The van der Waals surface area contributed by atoms with Crippen molar-refractivity contribution in [2.24, 2.45) is 0 Å². The highest BCUT2D eigenvalue weighted by Crippen LogP contribution is 2.08. The fraction of sp³-hybridized carbons (Fsp3) is 1.00. The number of halogens is 1. The SMILES string of the molecule is CCOC1CCCCCN1.Cl. The molecule has 1 N–H and O–H groups in total. The lowest BCUT2D eigenvalue weighted by Crippen LogP contribution is -2.30. The molecule has 0 aliphatic carbocycles. The Balaban J connectivity index is 0.000001000. The molecule has 1 atom stereocenters. The predicted octanol–water partition coefficient (Wildman–Crippen LogP) is 1.93. The first-order valence-corrected chi connectivity index (χ1v) is 4.28. The molecule has 1 rings (SSSR count). The van der Waals surface area contributed by atoms with Crippen LogP contribution in [0.25, 0.3) is 0 Å². The summed E-state index contributed by atoms with van der Waals surface area (Å²) < 4.78 is 5.45. The van der Waals surface area contributed by atoms with Crippen molar-refractivity contribution in [3.05, 3.63) is 0 Å². The molecule has 0 aromatic carbocycles. The molecule has 1 aliphatic rings. The Hall–Kier alpha value is 0.210. The van der Waals surface area contributed by atoms with Gasteiger partial charge in [-0.1, -0.05) is 6.42 Å². The van der Waals surface area contributed by atoms with Crippen molar-refractivity contribution in [2.75, 3.05) is 13.2 Å². The van der Waals surface area contributed by atoms with Crippen molar-refractivity contribution in [3.8, 4) is 0 Å². The number of hydrogen-bond acceptors (Lipinski definition) is 2. The van der Waals surface area contributed by atoms with Gasteiger partial charge in [0.05, 0.1) is 0 Å². The molecule has 0 spiro atoms. The van der Waals surface area contributed by atoms with Gasteiger partial charge in [-0.05, 0) is 32.7 Å². The third kappa shape index (κ3) is 4.62. The van der Waals surface area contributed by atoms with Gasteiger partial charge in [0.1, 0.15) is 6.23 Å². The first kappa shape index (κ1) is 11.2. The van der Waals surface area contributed by atoms with Gasteiger partial charge in [0.25, 0.3) is 0 Å². The number of nitrogens with one attached hydrogen (secondary N) is 1. The molecule has 1 fully saturated rings. The van der Waals surface area contributed by atoms with Gasteiger partial charge in [0, 0.05) is 6.61 Å². The zero-order valence-corrected chi connectivity index (χ0v) is 7.95. The minimum absolute atomic E-state index is 0. The average molecular weight is 180 g/mol. The maximum absolute atomic E-state index is 5.45. The van der Waals surface area contributed by atoms with Crippen molar-refractivity contribution in [1.29, 1.82) is 0 Å². The van der Waals surface area contributed by atoms with Crippen LogP contribution >= 0.6 is 12.4 Å². The van der Waals surface area contributed by atoms with E-state index in [2.05, 4.69) is 5.32 Å². The molecule has 0 amide bonds. The van der Waals surface area contributed by atoms with E-state index in [1.54, 1.807) is 0 Å². The molecule has 1 unspecified atom stereocenters. The Morgan fingerprint density at radius 3 is 2.91 bits per heavy atom. The van der Waals surface area contributed by atoms with Crippen LogP contribution in [0.4, 0.5) is 0 Å². The second kappa shape index (κ2) is 6.89. The summed E-state index contributed by atoms with van der Waals surface area (Å²) in [6.45, 7) is 4.01. The van der Waals surface area contributed by atoms with Gasteiger partial charge < -0.3 is 4.74 Å². The summed E-state index contributed by atoms with van der Waals surface area (Å²) in [6.07, 6.45) is 5.51. The normalized spacial score (nSPS) is 25.4. The fourth-order valence-corrected chi connectivity index (χ4v) is 1.34. The highest BCUT2D eigenvalue weighted by atomic mass is 35.5. The molecule has 0 radical (unpaired) electrons. The molecule has 1 saturated heterocycles. The van der Waals surface area contributed by atoms with Crippen LogP contribution in [0.3, 0.4) is 0 Å². The summed E-state index contributed by atoms with van der Waals surface area (Å²) in [7, 11) is 0. The lowest BCUT2D eigenvalue weighted by Gasteiger charge is -2.14. The van der Waals surface area contributed by atoms with E-state index < -0.39 is 0 Å². The average Bonchev–Trinajstić information content (AvgIpc) is 2.17. The minimum Gasteiger partial charge on any atom is -0.364 e. The van der Waals surface area contributed by atoms with E-state index in [0.29, 0.717) is 6.23 Å². The molecule has 3 heteroatoms. The van der Waals surface area contributed by atoms with Crippen molar-refractivity contribution >= 4 is 12.4 Å². The molecule has 1 heterocycles. The maximum Gasteiger partial charge on any atom is 0.108 e. The topological polar surface area (TPSA) is 21.3 Å². The molecule has 0 aromatic rings. The molecule has 0 bridgehead atoms. The zero-order chi connectivity index (χ0) is 7.23. The van der Waals surface area contributed by atoms with Gasteiger partial charge in [-0.3, -0.25) is 5.32 Å². The molecule has 0 saturated carbocycles. The molecule has 0 aromatic heterocycles. The monoisotopic (exact) mass is 179 g/mol. The first-order valence-electron chi connectivity index (χ1n) is 4.28. The largest absolute Gasteiger partial charge is 0.364 e. The highest BCUT2D eigenvalue weighted by molar-refractivity contribution is 5.85. The summed E-state index contributed by atoms with van der Waals surface area (Å²) in [5.41, 5.74) is 0. The van der Waals surface area contributed by atoms with E-state index in [9.17, 15) is 0 Å². The van der Waals surface area contributed by atoms with Crippen LogP contribution in [0.15, 0.2) is 0 Å². The van der Waals surface area contributed by atoms with Gasteiger partial charge in [0.15, 0.2) is 0 Å². The Labute approximate surface area is 75.1 Å². The highest BCUT2D eigenvalue weighted by Gasteiger charge is 2.09. The van der Waals surface area contributed by atoms with Gasteiger partial charge in [0.2, 0.25) is 0 Å². The van der Waals surface area contributed by atoms with Crippen molar-refractivity contribution in [3.63, 3.8) is 0 Å². The molecular weight excluding hydrogens is 162 g/mol. The van der Waals surface area contributed by atoms with Gasteiger partial charge in [-0.2, -0.15) is 0 Å². The van der Waals surface area contributed by atoms with Crippen LogP contribution in [0.5, 0.6) is 0 Å². The Morgan fingerprint density at radius 2 is 2.18 bits per heavy atom. The first-order chi connectivity index (χ1) is 4.93. The summed E-state index contributed by atoms with van der Waals surface area (Å²) in [5, 5.41) is 3.36. The van der Waals surface area contributed by atoms with Crippen LogP contribution in [0, 0.1) is 0 Å². The molecular formula is C8H18ClNO. The van der Waals surface area contributed by atoms with Crippen molar-refractivity contribution in [2.45, 2.75) is 38.8 Å². The second-order valence-corrected chi connectivity index (χ2v) is 2.75. The van der Waals surface area contributed by atoms with Crippen LogP contribution in [-0.4, -0.2) is 19.4 Å². The molecule has 68 valence electrons. The van der Waals surface area contributed by atoms with E-state index in [1.807, 2.05) is 6.92 Å². The molecule has 1 aliphatic heterocycles. The fourth-order valence-electron chi connectivity index (χ4n) is 1.34. The summed E-state index contributed by atoms with van der Waals surface area (Å²) >= 11 is 0. The predicted molar refractivity (Wildman–Crippen MR) is 49.1 cm³/mol. The van der Waals surface area contributed by atoms with Gasteiger partial charge in [-0.25, -0.2) is 0 Å². The standard InChI is InChI=1S/C8H17NO.ClH/c1-2-10-8-6-4-3-5-7-9-8;/h8-9H,2-7H2,1H3;1H. The van der Waals surface area contributed by atoms with E-state index in [-0.39, 0.29) is 12.4 Å². The lowest BCUT2D eigenvalue weighted by atomic mass is 10.2. The molecule has 11 heavy (non-hydrogen) atoms. The van der Waals surface area contributed by atoms with E-state index >= 15 is 0 Å². The zero-order valence-electron chi connectivity index (χ0n) is 7.14. The van der Waals surface area contributed by atoms with Crippen LogP contribution in [-0.2, 0) is 4.74 Å². The Morgan fingerprint density at radius 1 is 1.36 bits per heavy atom. The Kier molecular flexibility index (Phi) is 7.02. The van der Waals surface area contributed by atoms with E-state index in [4.69, 9.17) is 4.74 Å². The van der Waals surface area contributed by atoms with Crippen LogP contribution in [0.2, 0.25) is 0 Å². The van der Waals surface area contributed by atoms with Crippen molar-refractivity contribution < 1.29 is 4.74 Å². The summed E-state index contributed by atoms with van der Waals surface area (Å²) in [6, 6.07) is 0. The van der Waals surface area contributed by atoms with E-state index in [0.717, 1.165) is 13.2 Å². The van der Waals surface area contributed by atoms with Crippen LogP contribution < -0.4 is 5.32 Å². The third-order valence-electron chi connectivity index (χ3n) is 1.88. The van der Waals surface area contributed by atoms with Crippen molar-refractivity contribution in [1.82, 2.24) is 5.32 Å². The maximum atomic E-state index is 5.45. The van der Waals surface area contributed by atoms with Crippen LogP contribution in [0.1, 0.15) is 32.6 Å². The minimum atomic E-state index is 0. The number of rotatable bonds is 2. The number of hydrogen-bond donors (Lipinski definition) is 1. The van der Waals surface area contributed by atoms with E-state index in [1.165, 1.54) is 25.7 Å². The number of ether oxygens (including phenoxy) is 1. The third-order valence-corrected chi connectivity index (χ3v) is 1.88. The molecule has 2 nitrogen and oxygen atoms in total. The van der Waals surface area contributed by atoms with Gasteiger partial charge >= 0.3 is 0 Å². The van der Waals surface area contributed by atoms with Gasteiger partial charge in [-0.15, -0.1) is 12.4 Å².